The highest BCUT2D eigenvalue weighted by Crippen LogP contribution is 2.25. The van der Waals surface area contributed by atoms with Gasteiger partial charge in [0.1, 0.15) is 0 Å². The standard InChI is InChI=1S/C4H2O5.H3O4P/c5-3-1-2-4(6)8-9-7-3;1-5(2,3)4/h1-2H;(H3,1,2,3,4). The van der Waals surface area contributed by atoms with Gasteiger partial charge < -0.3 is 14.7 Å². The van der Waals surface area contributed by atoms with Crippen LogP contribution in [0.3, 0.4) is 0 Å². The fraction of sp³-hybridized carbons (Fsp3) is 0. The van der Waals surface area contributed by atoms with Crippen LogP contribution in [0.2, 0.25) is 0 Å². The molecule has 10 heteroatoms. The van der Waals surface area contributed by atoms with E-state index in [4.69, 9.17) is 19.2 Å². The van der Waals surface area contributed by atoms with Crippen molar-refractivity contribution in [3.63, 3.8) is 0 Å². The van der Waals surface area contributed by atoms with E-state index < -0.39 is 19.8 Å². The van der Waals surface area contributed by atoms with Crippen LogP contribution < -0.4 is 0 Å². The van der Waals surface area contributed by atoms with Crippen LogP contribution in [0.4, 0.5) is 0 Å². The Morgan fingerprint density at radius 3 is 1.57 bits per heavy atom. The average Bonchev–Trinajstić information content (AvgIpc) is 2.12. The maximum atomic E-state index is 10.2. The van der Waals surface area contributed by atoms with Gasteiger partial charge in [0, 0.05) is 17.2 Å². The van der Waals surface area contributed by atoms with Gasteiger partial charge in [0.15, 0.2) is 0 Å². The highest BCUT2D eigenvalue weighted by molar-refractivity contribution is 7.45. The van der Waals surface area contributed by atoms with E-state index in [0.717, 1.165) is 12.2 Å². The number of carbonyl (C=O) groups excluding carboxylic acids is 2. The van der Waals surface area contributed by atoms with Crippen molar-refractivity contribution in [2.45, 2.75) is 0 Å². The Hall–Kier alpha value is -1.25. The van der Waals surface area contributed by atoms with E-state index in [2.05, 4.69) is 14.8 Å². The molecule has 0 aromatic rings. The third-order valence-corrected chi connectivity index (χ3v) is 0.588. The highest BCUT2D eigenvalue weighted by atomic mass is 31.2. The van der Waals surface area contributed by atoms with Crippen LogP contribution >= 0.6 is 7.82 Å². The van der Waals surface area contributed by atoms with Crippen LogP contribution in [0.15, 0.2) is 12.2 Å². The predicted molar refractivity (Wildman–Crippen MR) is 36.7 cm³/mol. The molecule has 0 fully saturated rings. The zero-order valence-electron chi connectivity index (χ0n) is 6.39. The minimum atomic E-state index is -4.64. The third kappa shape index (κ3) is 10.8. The second-order valence-corrected chi connectivity index (χ2v) is 2.75. The molecule has 0 aromatic heterocycles. The number of carbonyl (C=O) groups is 2. The Morgan fingerprint density at radius 1 is 1.00 bits per heavy atom. The molecule has 1 heterocycles. The number of phosphoric acid groups is 1. The lowest BCUT2D eigenvalue weighted by Crippen LogP contribution is -2.00. The summed E-state index contributed by atoms with van der Waals surface area (Å²) in [5.41, 5.74) is 0. The molecule has 0 atom stereocenters. The molecule has 1 aliphatic rings. The highest BCUT2D eigenvalue weighted by Gasteiger charge is 2.08. The van der Waals surface area contributed by atoms with Crippen molar-refractivity contribution in [3.05, 3.63) is 12.2 Å². The fourth-order valence-electron chi connectivity index (χ4n) is 0.276. The van der Waals surface area contributed by atoms with Gasteiger partial charge >= 0.3 is 19.8 Å². The maximum Gasteiger partial charge on any atom is 0.466 e. The molecule has 14 heavy (non-hydrogen) atoms. The summed E-state index contributed by atoms with van der Waals surface area (Å²) in [5.74, 6) is -1.55. The van der Waals surface area contributed by atoms with E-state index in [1.807, 2.05) is 0 Å². The van der Waals surface area contributed by atoms with Crippen molar-refractivity contribution in [3.8, 4) is 0 Å². The second kappa shape index (κ2) is 5.47. The molecule has 0 spiro atoms. The second-order valence-electron chi connectivity index (χ2n) is 1.72. The Balaban J connectivity index is 0.000000292. The zero-order chi connectivity index (χ0) is 11.2. The van der Waals surface area contributed by atoms with E-state index in [0.29, 0.717) is 0 Å². The number of hydrogen-bond acceptors (Lipinski definition) is 6. The maximum absolute atomic E-state index is 10.2. The molecule has 0 radical (unpaired) electrons. The molecule has 0 amide bonds. The van der Waals surface area contributed by atoms with Crippen LogP contribution in [0, 0.1) is 0 Å². The molecule has 0 unspecified atom stereocenters. The lowest BCUT2D eigenvalue weighted by molar-refractivity contribution is -0.454. The third-order valence-electron chi connectivity index (χ3n) is 0.588. The summed E-state index contributed by atoms with van der Waals surface area (Å²) in [5, 5.41) is 3.66. The normalized spacial score (nSPS) is 15.9. The summed E-state index contributed by atoms with van der Waals surface area (Å²) < 4.78 is 8.88. The summed E-state index contributed by atoms with van der Waals surface area (Å²) in [6.07, 6.45) is 1.80. The minimum absolute atomic E-state index is 0.777. The van der Waals surface area contributed by atoms with Crippen LogP contribution in [0.5, 0.6) is 0 Å². The quantitative estimate of drug-likeness (QED) is 0.335. The van der Waals surface area contributed by atoms with Crippen molar-refractivity contribution < 1.29 is 43.6 Å². The fourth-order valence-corrected chi connectivity index (χ4v) is 0.276. The van der Waals surface area contributed by atoms with Gasteiger partial charge in [-0.2, -0.15) is 0 Å². The van der Waals surface area contributed by atoms with Crippen LogP contribution in [-0.2, 0) is 29.0 Å². The van der Waals surface area contributed by atoms with Crippen LogP contribution in [0.1, 0.15) is 0 Å². The van der Waals surface area contributed by atoms with Gasteiger partial charge in [-0.25, -0.2) is 14.2 Å². The summed E-state index contributed by atoms with van der Waals surface area (Å²) in [4.78, 5) is 49.5. The van der Waals surface area contributed by atoms with Crippen molar-refractivity contribution in [2.75, 3.05) is 0 Å². The smallest absolute Gasteiger partial charge is 0.303 e. The van der Waals surface area contributed by atoms with Crippen molar-refractivity contribution in [2.24, 2.45) is 0 Å². The van der Waals surface area contributed by atoms with E-state index >= 15 is 0 Å². The molecule has 1 aliphatic heterocycles. The van der Waals surface area contributed by atoms with E-state index in [9.17, 15) is 9.59 Å². The minimum Gasteiger partial charge on any atom is -0.303 e. The van der Waals surface area contributed by atoms with Gasteiger partial charge in [0.2, 0.25) is 0 Å². The molecule has 0 aromatic carbocycles. The predicted octanol–water partition coefficient (Wildman–Crippen LogP) is -1.44. The first-order chi connectivity index (χ1) is 6.29. The molecule has 9 nitrogen and oxygen atoms in total. The monoisotopic (exact) mass is 228 g/mol. The van der Waals surface area contributed by atoms with Gasteiger partial charge in [-0.3, -0.25) is 9.78 Å². The first kappa shape index (κ1) is 12.8. The van der Waals surface area contributed by atoms with Crippen LogP contribution in [-0.4, -0.2) is 26.6 Å². The first-order valence-corrected chi connectivity index (χ1v) is 4.41. The molecule has 1 rings (SSSR count). The van der Waals surface area contributed by atoms with Crippen molar-refractivity contribution >= 4 is 19.8 Å². The lowest BCUT2D eigenvalue weighted by Gasteiger charge is -1.90. The van der Waals surface area contributed by atoms with Crippen molar-refractivity contribution in [1.29, 1.82) is 0 Å². The van der Waals surface area contributed by atoms with Gasteiger partial charge in [-0.1, -0.05) is 0 Å². The topological polar surface area (TPSA) is 140 Å². The molecule has 0 saturated heterocycles. The first-order valence-electron chi connectivity index (χ1n) is 2.84. The molecule has 80 valence electrons. The molecule has 0 bridgehead atoms. The Morgan fingerprint density at radius 2 is 1.29 bits per heavy atom. The number of rotatable bonds is 0. The summed E-state index contributed by atoms with van der Waals surface area (Å²) in [6, 6.07) is 0. The van der Waals surface area contributed by atoms with Gasteiger partial charge in [0.25, 0.3) is 0 Å². The molecule has 0 aliphatic carbocycles. The Bertz CT molecular complexity index is 261. The van der Waals surface area contributed by atoms with Gasteiger partial charge in [-0.15, -0.1) is 0 Å². The molecule has 0 saturated carbocycles. The zero-order valence-corrected chi connectivity index (χ0v) is 7.29. The summed E-state index contributed by atoms with van der Waals surface area (Å²) in [6.45, 7) is 0. The Kier molecular flexibility index (Phi) is 4.99. The van der Waals surface area contributed by atoms with E-state index in [-0.39, 0.29) is 0 Å². The summed E-state index contributed by atoms with van der Waals surface area (Å²) in [7, 11) is -4.64. The molecular weight excluding hydrogens is 223 g/mol. The largest absolute Gasteiger partial charge is 0.466 e. The molecular formula is C4H5O9P. The van der Waals surface area contributed by atoms with Crippen molar-refractivity contribution in [1.82, 2.24) is 0 Å². The average molecular weight is 228 g/mol. The number of hydrogen-bond donors (Lipinski definition) is 3. The van der Waals surface area contributed by atoms with Crippen LogP contribution in [0.25, 0.3) is 0 Å². The Labute approximate surface area is 76.6 Å². The lowest BCUT2D eigenvalue weighted by atomic mass is 10.5. The van der Waals surface area contributed by atoms with E-state index in [1.54, 1.807) is 0 Å². The summed E-state index contributed by atoms with van der Waals surface area (Å²) >= 11 is 0. The molecule has 3 N–H and O–H groups in total. The SMILES string of the molecule is O=C1C=CC(=O)OOO1.O=P(O)(O)O. The van der Waals surface area contributed by atoms with Gasteiger partial charge in [0.05, 0.1) is 0 Å². The van der Waals surface area contributed by atoms with E-state index in [1.165, 1.54) is 0 Å². The van der Waals surface area contributed by atoms with Gasteiger partial charge in [-0.05, 0) is 0 Å².